The minimum Gasteiger partial charge on any atom is -0.494 e. The van der Waals surface area contributed by atoms with Gasteiger partial charge in [0.2, 0.25) is 0 Å². The van der Waals surface area contributed by atoms with Crippen molar-refractivity contribution in [1.82, 2.24) is 5.32 Å². The van der Waals surface area contributed by atoms with Crippen molar-refractivity contribution in [2.45, 2.75) is 12.8 Å². The molecule has 0 saturated heterocycles. The topological polar surface area (TPSA) is 30.5 Å². The fourth-order valence-electron chi connectivity index (χ4n) is 1.93. The van der Waals surface area contributed by atoms with Gasteiger partial charge in [0.05, 0.1) is 13.2 Å². The summed E-state index contributed by atoms with van der Waals surface area (Å²) in [4.78, 5) is 0. The van der Waals surface area contributed by atoms with Crippen molar-refractivity contribution in [1.29, 1.82) is 0 Å². The van der Waals surface area contributed by atoms with Gasteiger partial charge in [-0.1, -0.05) is 36.4 Å². The number of benzene rings is 2. The predicted molar refractivity (Wildman–Crippen MR) is 86.0 cm³/mol. The Morgan fingerprint density at radius 2 is 1.05 bits per heavy atom. The normalized spacial score (nSPS) is 10.3. The highest BCUT2D eigenvalue weighted by molar-refractivity contribution is 5.21. The second-order valence-electron chi connectivity index (χ2n) is 4.78. The highest BCUT2D eigenvalue weighted by Crippen LogP contribution is 2.08. The van der Waals surface area contributed by atoms with E-state index in [1.54, 1.807) is 0 Å². The zero-order valence-corrected chi connectivity index (χ0v) is 12.3. The molecule has 0 heterocycles. The Hall–Kier alpha value is -2.00. The van der Waals surface area contributed by atoms with Crippen molar-refractivity contribution in [3.8, 4) is 11.5 Å². The van der Waals surface area contributed by atoms with E-state index in [0.717, 1.165) is 50.6 Å². The number of rotatable bonds is 10. The number of hydrogen-bond donors (Lipinski definition) is 1. The lowest BCUT2D eigenvalue weighted by atomic mass is 10.3. The molecule has 3 nitrogen and oxygen atoms in total. The van der Waals surface area contributed by atoms with Crippen LogP contribution in [0.4, 0.5) is 0 Å². The Morgan fingerprint density at radius 1 is 0.619 bits per heavy atom. The zero-order valence-electron chi connectivity index (χ0n) is 12.3. The van der Waals surface area contributed by atoms with E-state index < -0.39 is 0 Å². The van der Waals surface area contributed by atoms with Gasteiger partial charge in [-0.25, -0.2) is 0 Å². The Bertz CT molecular complexity index is 428. The number of hydrogen-bond acceptors (Lipinski definition) is 3. The average molecular weight is 285 g/mol. The monoisotopic (exact) mass is 285 g/mol. The minimum atomic E-state index is 0.748. The lowest BCUT2D eigenvalue weighted by molar-refractivity contribution is 0.298. The summed E-state index contributed by atoms with van der Waals surface area (Å²) in [6.45, 7) is 3.44. The molecular formula is C18H23NO2. The SMILES string of the molecule is c1ccc(OCCCNCCCOc2ccccc2)cc1. The fourth-order valence-corrected chi connectivity index (χ4v) is 1.93. The molecule has 2 aromatic rings. The van der Waals surface area contributed by atoms with Crippen LogP contribution < -0.4 is 14.8 Å². The van der Waals surface area contributed by atoms with Crippen LogP contribution in [-0.2, 0) is 0 Å². The molecule has 0 spiro atoms. The third kappa shape index (κ3) is 6.82. The van der Waals surface area contributed by atoms with Crippen LogP contribution in [0.5, 0.6) is 11.5 Å². The van der Waals surface area contributed by atoms with E-state index in [9.17, 15) is 0 Å². The molecule has 0 atom stereocenters. The molecule has 0 unspecified atom stereocenters. The van der Waals surface area contributed by atoms with Crippen LogP contribution in [0.2, 0.25) is 0 Å². The maximum atomic E-state index is 5.63. The van der Waals surface area contributed by atoms with Gasteiger partial charge in [-0.2, -0.15) is 0 Å². The maximum absolute atomic E-state index is 5.63. The van der Waals surface area contributed by atoms with E-state index >= 15 is 0 Å². The Labute approximate surface area is 126 Å². The summed E-state index contributed by atoms with van der Waals surface area (Å²) in [6, 6.07) is 19.9. The van der Waals surface area contributed by atoms with Crippen molar-refractivity contribution in [3.05, 3.63) is 60.7 Å². The molecule has 0 aromatic heterocycles. The molecule has 1 N–H and O–H groups in total. The van der Waals surface area contributed by atoms with Crippen molar-refractivity contribution >= 4 is 0 Å². The van der Waals surface area contributed by atoms with Gasteiger partial charge >= 0.3 is 0 Å². The average Bonchev–Trinajstić information content (AvgIpc) is 2.55. The molecule has 0 aliphatic carbocycles. The second kappa shape index (κ2) is 9.83. The molecule has 0 amide bonds. The Morgan fingerprint density at radius 3 is 1.48 bits per heavy atom. The molecule has 2 rings (SSSR count). The third-order valence-corrected chi connectivity index (χ3v) is 3.02. The highest BCUT2D eigenvalue weighted by atomic mass is 16.5. The lowest BCUT2D eigenvalue weighted by Crippen LogP contribution is -2.20. The molecule has 0 aliphatic rings. The summed E-state index contributed by atoms with van der Waals surface area (Å²) in [6.07, 6.45) is 2.02. The molecule has 0 bridgehead atoms. The second-order valence-corrected chi connectivity index (χ2v) is 4.78. The molecule has 0 saturated carbocycles. The van der Waals surface area contributed by atoms with Gasteiger partial charge in [-0.3, -0.25) is 0 Å². The minimum absolute atomic E-state index is 0.748. The van der Waals surface area contributed by atoms with Crippen LogP contribution in [0, 0.1) is 0 Å². The van der Waals surface area contributed by atoms with E-state index in [1.807, 2.05) is 60.7 Å². The van der Waals surface area contributed by atoms with Crippen molar-refractivity contribution in [2.75, 3.05) is 26.3 Å². The third-order valence-electron chi connectivity index (χ3n) is 3.02. The predicted octanol–water partition coefficient (Wildman–Crippen LogP) is 3.51. The summed E-state index contributed by atoms with van der Waals surface area (Å²) in [5, 5.41) is 3.40. The highest BCUT2D eigenvalue weighted by Gasteiger charge is 1.94. The van der Waals surface area contributed by atoms with Crippen molar-refractivity contribution in [2.24, 2.45) is 0 Å². The first-order valence-corrected chi connectivity index (χ1v) is 7.51. The van der Waals surface area contributed by atoms with Crippen LogP contribution in [-0.4, -0.2) is 26.3 Å². The van der Waals surface area contributed by atoms with E-state index in [0.29, 0.717) is 0 Å². The van der Waals surface area contributed by atoms with E-state index in [2.05, 4.69) is 5.32 Å². The number of para-hydroxylation sites is 2. The van der Waals surface area contributed by atoms with Gasteiger partial charge < -0.3 is 14.8 Å². The van der Waals surface area contributed by atoms with Crippen LogP contribution in [0.15, 0.2) is 60.7 Å². The van der Waals surface area contributed by atoms with Crippen molar-refractivity contribution < 1.29 is 9.47 Å². The smallest absolute Gasteiger partial charge is 0.119 e. The number of ether oxygens (including phenoxy) is 2. The van der Waals surface area contributed by atoms with Crippen molar-refractivity contribution in [3.63, 3.8) is 0 Å². The summed E-state index contributed by atoms with van der Waals surface area (Å²) < 4.78 is 11.3. The molecule has 0 radical (unpaired) electrons. The Kier molecular flexibility index (Phi) is 7.21. The summed E-state index contributed by atoms with van der Waals surface area (Å²) in [5.41, 5.74) is 0. The van der Waals surface area contributed by atoms with E-state index in [-0.39, 0.29) is 0 Å². The van der Waals surface area contributed by atoms with E-state index in [1.165, 1.54) is 0 Å². The largest absolute Gasteiger partial charge is 0.494 e. The van der Waals surface area contributed by atoms with Gasteiger partial charge in [-0.05, 0) is 50.2 Å². The van der Waals surface area contributed by atoms with Gasteiger partial charge in [0.25, 0.3) is 0 Å². The first-order chi connectivity index (χ1) is 10.4. The van der Waals surface area contributed by atoms with Crippen LogP contribution in [0.3, 0.4) is 0 Å². The molecule has 3 heteroatoms. The first-order valence-electron chi connectivity index (χ1n) is 7.51. The van der Waals surface area contributed by atoms with E-state index in [4.69, 9.17) is 9.47 Å². The van der Waals surface area contributed by atoms with Gasteiger partial charge in [0.15, 0.2) is 0 Å². The first kappa shape index (κ1) is 15.4. The van der Waals surface area contributed by atoms with Gasteiger partial charge in [-0.15, -0.1) is 0 Å². The van der Waals surface area contributed by atoms with Gasteiger partial charge in [0.1, 0.15) is 11.5 Å². The molecule has 0 aliphatic heterocycles. The molecule has 21 heavy (non-hydrogen) atoms. The summed E-state index contributed by atoms with van der Waals surface area (Å²) in [7, 11) is 0. The maximum Gasteiger partial charge on any atom is 0.119 e. The lowest BCUT2D eigenvalue weighted by Gasteiger charge is -2.08. The standard InChI is InChI=1S/C18H23NO2/c1-3-9-17(10-4-1)20-15-7-13-19-14-8-16-21-18-11-5-2-6-12-18/h1-6,9-12,19H,7-8,13-16H2. The van der Waals surface area contributed by atoms with Crippen LogP contribution >= 0.6 is 0 Å². The molecule has 0 fully saturated rings. The number of nitrogens with one attached hydrogen (secondary N) is 1. The van der Waals surface area contributed by atoms with Crippen LogP contribution in [0.25, 0.3) is 0 Å². The molecular weight excluding hydrogens is 262 g/mol. The summed E-state index contributed by atoms with van der Waals surface area (Å²) >= 11 is 0. The van der Waals surface area contributed by atoms with Crippen LogP contribution in [0.1, 0.15) is 12.8 Å². The molecule has 2 aromatic carbocycles. The van der Waals surface area contributed by atoms with Gasteiger partial charge in [0, 0.05) is 0 Å². The quantitative estimate of drug-likeness (QED) is 0.678. The Balaban J connectivity index is 1.40. The fraction of sp³-hybridized carbons (Fsp3) is 0.333. The molecule has 112 valence electrons. The summed E-state index contributed by atoms with van der Waals surface area (Å²) in [5.74, 6) is 1.88. The zero-order chi connectivity index (χ0) is 14.6.